The molecule has 6 rings (SSSR count). The van der Waals surface area contributed by atoms with Gasteiger partial charge in [-0.3, -0.25) is 4.57 Å². The number of morpholine rings is 1. The third kappa shape index (κ3) is 4.85. The van der Waals surface area contributed by atoms with Crippen molar-refractivity contribution in [3.8, 4) is 22.7 Å². The summed E-state index contributed by atoms with van der Waals surface area (Å²) in [5, 5.41) is 0. The van der Waals surface area contributed by atoms with E-state index in [9.17, 15) is 0 Å². The van der Waals surface area contributed by atoms with Gasteiger partial charge >= 0.3 is 0 Å². The monoisotopic (exact) mass is 524 g/mol. The van der Waals surface area contributed by atoms with Crippen LogP contribution < -0.4 is 20.1 Å². The van der Waals surface area contributed by atoms with Crippen LogP contribution in [-0.2, 0) is 4.74 Å². The number of nitrogens with two attached hydrogens (primary N) is 1. The highest BCUT2D eigenvalue weighted by Gasteiger charge is 2.15. The van der Waals surface area contributed by atoms with E-state index in [-0.39, 0.29) is 0 Å². The fourth-order valence-electron chi connectivity index (χ4n) is 4.62. The highest BCUT2D eigenvalue weighted by Crippen LogP contribution is 2.34. The number of para-hydroxylation sites is 1. The summed E-state index contributed by atoms with van der Waals surface area (Å²) in [4.78, 5) is 12.4. The summed E-state index contributed by atoms with van der Waals surface area (Å²) in [5.41, 5.74) is 13.3. The second-order valence-electron chi connectivity index (χ2n) is 8.93. The van der Waals surface area contributed by atoms with Crippen LogP contribution >= 0.6 is 11.9 Å². The summed E-state index contributed by atoms with van der Waals surface area (Å²) in [5.74, 6) is 1.02. The molecule has 0 saturated carbocycles. The number of imidazole rings is 1. The van der Waals surface area contributed by atoms with Gasteiger partial charge in [-0.1, -0.05) is 24.3 Å². The third-order valence-corrected chi connectivity index (χ3v) is 7.41. The Bertz CT molecular complexity index is 1550. The Kier molecular flexibility index (Phi) is 6.76. The van der Waals surface area contributed by atoms with Crippen molar-refractivity contribution in [2.45, 2.75) is 4.90 Å². The molecule has 8 nitrogen and oxygen atoms in total. The molecule has 2 aromatic heterocycles. The maximum Gasteiger partial charge on any atom is 0.228 e. The summed E-state index contributed by atoms with van der Waals surface area (Å²) in [6.07, 6.45) is 1.83. The fourth-order valence-corrected chi connectivity index (χ4v) is 5.39. The van der Waals surface area contributed by atoms with Crippen molar-refractivity contribution in [1.29, 1.82) is 0 Å². The van der Waals surface area contributed by atoms with Gasteiger partial charge in [0.15, 0.2) is 0 Å². The molecule has 3 aromatic carbocycles. The predicted molar refractivity (Wildman–Crippen MR) is 154 cm³/mol. The number of hydrogen-bond donors (Lipinski definition) is 2. The van der Waals surface area contributed by atoms with E-state index >= 15 is 0 Å². The van der Waals surface area contributed by atoms with Crippen LogP contribution in [0.1, 0.15) is 0 Å². The van der Waals surface area contributed by atoms with E-state index < -0.39 is 0 Å². The number of fused-ring (bicyclic) bond motifs is 1. The molecule has 0 bridgehead atoms. The van der Waals surface area contributed by atoms with Crippen molar-refractivity contribution in [3.63, 3.8) is 0 Å². The average molecular weight is 525 g/mol. The lowest BCUT2D eigenvalue weighted by Crippen LogP contribution is -2.36. The summed E-state index contributed by atoms with van der Waals surface area (Å²) in [6.45, 7) is 3.31. The summed E-state index contributed by atoms with van der Waals surface area (Å²) in [6, 6.07) is 26.7. The highest BCUT2D eigenvalue weighted by atomic mass is 32.2. The quantitative estimate of drug-likeness (QED) is 0.265. The van der Waals surface area contributed by atoms with E-state index in [1.807, 2.05) is 53.2 Å². The first-order chi connectivity index (χ1) is 18.7. The molecule has 1 aliphatic heterocycles. The maximum atomic E-state index is 6.40. The Morgan fingerprint density at radius 1 is 0.921 bits per heavy atom. The van der Waals surface area contributed by atoms with Crippen molar-refractivity contribution >= 4 is 40.3 Å². The largest absolute Gasteiger partial charge is 0.480 e. The number of pyridine rings is 1. The number of hydrogen-bond acceptors (Lipinski definition) is 8. The number of ether oxygens (including phenoxy) is 2. The number of methoxy groups -OCH3 is 1. The molecule has 0 unspecified atom stereocenters. The summed E-state index contributed by atoms with van der Waals surface area (Å²) < 4.78 is 16.4. The van der Waals surface area contributed by atoms with Gasteiger partial charge in [0.05, 0.1) is 36.3 Å². The zero-order valence-electron chi connectivity index (χ0n) is 21.0. The smallest absolute Gasteiger partial charge is 0.228 e. The third-order valence-electron chi connectivity index (χ3n) is 6.56. The number of nitrogens with zero attached hydrogens (tertiary/aromatic N) is 4. The van der Waals surface area contributed by atoms with E-state index in [1.165, 1.54) is 17.6 Å². The second kappa shape index (κ2) is 10.6. The first kappa shape index (κ1) is 24.1. The van der Waals surface area contributed by atoms with Crippen LogP contribution in [-0.4, -0.2) is 47.9 Å². The summed E-state index contributed by atoms with van der Waals surface area (Å²) >= 11 is 1.47. The Hall–Kier alpha value is -4.21. The van der Waals surface area contributed by atoms with Crippen LogP contribution in [0.4, 0.5) is 17.3 Å². The molecule has 3 N–H and O–H groups in total. The molecule has 192 valence electrons. The average Bonchev–Trinajstić information content (AvgIpc) is 3.31. The van der Waals surface area contributed by atoms with Crippen LogP contribution in [0.2, 0.25) is 0 Å². The lowest BCUT2D eigenvalue weighted by Gasteiger charge is -2.29. The Morgan fingerprint density at radius 3 is 2.45 bits per heavy atom. The number of benzene rings is 3. The summed E-state index contributed by atoms with van der Waals surface area (Å²) in [7, 11) is 1.63. The van der Waals surface area contributed by atoms with Crippen molar-refractivity contribution in [1.82, 2.24) is 14.5 Å². The van der Waals surface area contributed by atoms with Gasteiger partial charge in [-0.25, -0.2) is 9.97 Å². The van der Waals surface area contributed by atoms with Gasteiger partial charge in [0, 0.05) is 41.9 Å². The normalized spacial score (nSPS) is 13.6. The van der Waals surface area contributed by atoms with E-state index in [0.29, 0.717) is 11.8 Å². The predicted octanol–water partition coefficient (Wildman–Crippen LogP) is 5.63. The molecule has 3 heterocycles. The lowest BCUT2D eigenvalue weighted by atomic mass is 10.1. The molecule has 0 spiro atoms. The molecule has 0 amide bonds. The van der Waals surface area contributed by atoms with Crippen LogP contribution in [0.5, 0.6) is 5.88 Å². The van der Waals surface area contributed by atoms with Crippen molar-refractivity contribution in [2.24, 2.45) is 0 Å². The molecule has 9 heteroatoms. The molecule has 0 radical (unpaired) electrons. The van der Waals surface area contributed by atoms with Gasteiger partial charge in [-0.15, -0.1) is 0 Å². The molecule has 1 fully saturated rings. The zero-order chi connectivity index (χ0) is 25.9. The first-order valence-corrected chi connectivity index (χ1v) is 13.2. The van der Waals surface area contributed by atoms with E-state index in [2.05, 4.69) is 56.0 Å². The van der Waals surface area contributed by atoms with Crippen molar-refractivity contribution < 1.29 is 9.47 Å². The molecule has 38 heavy (non-hydrogen) atoms. The van der Waals surface area contributed by atoms with Crippen molar-refractivity contribution in [2.75, 3.05) is 48.8 Å². The SMILES string of the molecule is COc1ncc(-c2ccc3nc(N)n(-c4ccc(N5CCOCC5)cc4)c3c2)cc1SNc1ccccc1. The Balaban J connectivity index is 1.32. The molecule has 0 atom stereocenters. The number of aromatic nitrogens is 3. The lowest BCUT2D eigenvalue weighted by molar-refractivity contribution is 0.122. The molecular weight excluding hydrogens is 496 g/mol. The maximum absolute atomic E-state index is 6.40. The van der Waals surface area contributed by atoms with E-state index in [1.54, 1.807) is 7.11 Å². The molecule has 5 aromatic rings. The van der Waals surface area contributed by atoms with Crippen LogP contribution in [0, 0.1) is 0 Å². The van der Waals surface area contributed by atoms with Gasteiger partial charge in [0.25, 0.3) is 0 Å². The van der Waals surface area contributed by atoms with E-state index in [0.717, 1.165) is 64.7 Å². The number of nitrogen functional groups attached to an aromatic ring is 1. The molecule has 0 aliphatic carbocycles. The number of anilines is 3. The van der Waals surface area contributed by atoms with Crippen LogP contribution in [0.25, 0.3) is 27.8 Å². The Labute approximate surface area is 225 Å². The van der Waals surface area contributed by atoms with E-state index in [4.69, 9.17) is 15.2 Å². The van der Waals surface area contributed by atoms with Crippen molar-refractivity contribution in [3.05, 3.63) is 85.1 Å². The van der Waals surface area contributed by atoms with Crippen LogP contribution in [0.3, 0.4) is 0 Å². The molecular formula is C29H28N6O2S. The Morgan fingerprint density at radius 2 is 1.68 bits per heavy atom. The minimum absolute atomic E-state index is 0.451. The number of nitrogens with one attached hydrogen (secondary N) is 1. The zero-order valence-corrected chi connectivity index (χ0v) is 21.8. The topological polar surface area (TPSA) is 90.5 Å². The standard InChI is InChI=1S/C29H28N6O2S/c1-36-28-27(38-33-22-5-3-2-4-6-22)18-21(19-31-28)20-7-12-25-26(17-20)35(29(30)32-25)24-10-8-23(9-11-24)34-13-15-37-16-14-34/h2-12,17-19,33H,13-16H2,1H3,(H2,30,32). The minimum atomic E-state index is 0.451. The van der Waals surface area contributed by atoms with Gasteiger partial charge in [0.1, 0.15) is 0 Å². The van der Waals surface area contributed by atoms with Gasteiger partial charge < -0.3 is 24.8 Å². The number of rotatable bonds is 7. The second-order valence-corrected chi connectivity index (χ2v) is 9.77. The molecule has 1 aliphatic rings. The van der Waals surface area contributed by atoms with Gasteiger partial charge in [0.2, 0.25) is 11.8 Å². The molecule has 1 saturated heterocycles. The van der Waals surface area contributed by atoms with Gasteiger partial charge in [-0.05, 0) is 72.1 Å². The first-order valence-electron chi connectivity index (χ1n) is 12.4. The highest BCUT2D eigenvalue weighted by molar-refractivity contribution is 8.00. The van der Waals surface area contributed by atoms with Gasteiger partial charge in [-0.2, -0.15) is 0 Å². The fraction of sp³-hybridized carbons (Fsp3) is 0.172. The van der Waals surface area contributed by atoms with Crippen LogP contribution in [0.15, 0.2) is 90.0 Å². The minimum Gasteiger partial charge on any atom is -0.480 e.